The van der Waals surface area contributed by atoms with E-state index in [1.165, 1.54) is 12.8 Å². The van der Waals surface area contributed by atoms with E-state index < -0.39 is 0 Å². The molecule has 0 spiro atoms. The minimum atomic E-state index is -0.167. The summed E-state index contributed by atoms with van der Waals surface area (Å²) >= 11 is 6.11. The first-order valence-corrected chi connectivity index (χ1v) is 12.6. The van der Waals surface area contributed by atoms with Crippen LogP contribution < -0.4 is 5.32 Å². The third kappa shape index (κ3) is 5.77. The van der Waals surface area contributed by atoms with Crippen LogP contribution in [0.15, 0.2) is 54.6 Å². The molecule has 0 radical (unpaired) electrons. The number of amides is 2. The minimum absolute atomic E-state index is 0.0414. The smallest absolute Gasteiger partial charge is 0.242 e. The molecule has 176 valence electrons. The Kier molecular flexibility index (Phi) is 8.05. The van der Waals surface area contributed by atoms with Gasteiger partial charge in [-0.3, -0.25) is 14.5 Å². The number of anilines is 1. The zero-order valence-electron chi connectivity index (χ0n) is 19.4. The average Bonchev–Trinajstić information content (AvgIpc) is 3.35. The van der Waals surface area contributed by atoms with Crippen molar-refractivity contribution in [1.82, 2.24) is 9.80 Å². The van der Waals surface area contributed by atoms with Gasteiger partial charge >= 0.3 is 0 Å². The molecule has 2 aromatic carbocycles. The van der Waals surface area contributed by atoms with Crippen molar-refractivity contribution >= 4 is 29.1 Å². The van der Waals surface area contributed by atoms with Crippen LogP contribution in [0.1, 0.15) is 50.5 Å². The zero-order valence-corrected chi connectivity index (χ0v) is 20.1. The predicted molar refractivity (Wildman–Crippen MR) is 133 cm³/mol. The molecule has 2 amide bonds. The van der Waals surface area contributed by atoms with Crippen molar-refractivity contribution in [3.8, 4) is 0 Å². The number of carbonyl (C=O) groups excluding carboxylic acids is 2. The van der Waals surface area contributed by atoms with E-state index in [2.05, 4.69) is 17.1 Å². The molecule has 2 aromatic rings. The molecule has 4 rings (SSSR count). The summed E-state index contributed by atoms with van der Waals surface area (Å²) in [6.45, 7) is 4.84. The van der Waals surface area contributed by atoms with Gasteiger partial charge in [0.25, 0.3) is 0 Å². The molecule has 0 unspecified atom stereocenters. The van der Waals surface area contributed by atoms with Gasteiger partial charge in [-0.1, -0.05) is 67.8 Å². The second-order valence-corrected chi connectivity index (χ2v) is 9.66. The molecular weight excluding hydrogens is 434 g/mol. The monoisotopic (exact) mass is 467 g/mol. The highest BCUT2D eigenvalue weighted by molar-refractivity contribution is 6.30. The summed E-state index contributed by atoms with van der Waals surface area (Å²) in [4.78, 5) is 31.0. The lowest BCUT2D eigenvalue weighted by Gasteiger charge is -2.41. The van der Waals surface area contributed by atoms with Crippen LogP contribution in [0.25, 0.3) is 0 Å². The SMILES string of the molecule is CC[C@@H](C(=O)N1CCN([C@@H](C(=O)Nc2cccc(Cl)c2)C2CCCC2)CC1)c1ccccc1. The van der Waals surface area contributed by atoms with Crippen molar-refractivity contribution in [3.05, 3.63) is 65.2 Å². The molecule has 33 heavy (non-hydrogen) atoms. The van der Waals surface area contributed by atoms with E-state index in [4.69, 9.17) is 11.6 Å². The lowest BCUT2D eigenvalue weighted by atomic mass is 9.93. The Bertz CT molecular complexity index is 937. The number of halogens is 1. The summed E-state index contributed by atoms with van der Waals surface area (Å²) < 4.78 is 0. The first-order valence-electron chi connectivity index (χ1n) is 12.2. The van der Waals surface area contributed by atoms with Crippen LogP contribution in [0.4, 0.5) is 5.69 Å². The molecule has 1 aliphatic carbocycles. The molecule has 0 aromatic heterocycles. The Hall–Kier alpha value is -2.37. The topological polar surface area (TPSA) is 52.7 Å². The van der Waals surface area contributed by atoms with Crippen molar-refractivity contribution in [2.24, 2.45) is 5.92 Å². The summed E-state index contributed by atoms with van der Waals surface area (Å²) in [7, 11) is 0. The fraction of sp³-hybridized carbons (Fsp3) is 0.481. The fourth-order valence-electron chi connectivity index (χ4n) is 5.41. The van der Waals surface area contributed by atoms with Crippen LogP contribution in [0, 0.1) is 5.92 Å². The third-order valence-corrected chi connectivity index (χ3v) is 7.37. The van der Waals surface area contributed by atoms with Gasteiger partial charge in [0.05, 0.1) is 12.0 Å². The van der Waals surface area contributed by atoms with Gasteiger partial charge in [0.2, 0.25) is 11.8 Å². The van der Waals surface area contributed by atoms with Crippen LogP contribution in [-0.2, 0) is 9.59 Å². The quantitative estimate of drug-likeness (QED) is 0.610. The second kappa shape index (κ2) is 11.2. The number of nitrogens with one attached hydrogen (secondary N) is 1. The molecule has 5 nitrogen and oxygen atoms in total. The Morgan fingerprint density at radius 2 is 1.70 bits per heavy atom. The van der Waals surface area contributed by atoms with Crippen LogP contribution >= 0.6 is 11.6 Å². The highest BCUT2D eigenvalue weighted by Crippen LogP contribution is 2.32. The van der Waals surface area contributed by atoms with E-state index in [0.717, 1.165) is 43.6 Å². The van der Waals surface area contributed by atoms with Crippen LogP contribution in [0.2, 0.25) is 5.02 Å². The Labute approximate surface area is 202 Å². The predicted octanol–water partition coefficient (Wildman–Crippen LogP) is 5.18. The van der Waals surface area contributed by atoms with Crippen molar-refractivity contribution in [1.29, 1.82) is 0 Å². The number of rotatable bonds is 7. The van der Waals surface area contributed by atoms with Crippen LogP contribution in [0.3, 0.4) is 0 Å². The maximum absolute atomic E-state index is 13.4. The molecule has 1 heterocycles. The summed E-state index contributed by atoms with van der Waals surface area (Å²) in [5, 5.41) is 3.71. The molecule has 1 saturated carbocycles. The lowest BCUT2D eigenvalue weighted by molar-refractivity contribution is -0.136. The van der Waals surface area contributed by atoms with Gasteiger partial charge < -0.3 is 10.2 Å². The van der Waals surface area contributed by atoms with E-state index >= 15 is 0 Å². The maximum atomic E-state index is 13.4. The van der Waals surface area contributed by atoms with Crippen LogP contribution in [0.5, 0.6) is 0 Å². The zero-order chi connectivity index (χ0) is 23.2. The maximum Gasteiger partial charge on any atom is 0.242 e. The van der Waals surface area contributed by atoms with E-state index in [0.29, 0.717) is 24.0 Å². The van der Waals surface area contributed by atoms with Gasteiger partial charge in [-0.15, -0.1) is 0 Å². The largest absolute Gasteiger partial charge is 0.340 e. The summed E-state index contributed by atoms with van der Waals surface area (Å²) in [5.41, 5.74) is 1.81. The highest BCUT2D eigenvalue weighted by Gasteiger charge is 2.38. The van der Waals surface area contributed by atoms with Crippen LogP contribution in [-0.4, -0.2) is 53.8 Å². The van der Waals surface area contributed by atoms with E-state index in [9.17, 15) is 9.59 Å². The van der Waals surface area contributed by atoms with Crippen molar-refractivity contribution in [2.75, 3.05) is 31.5 Å². The number of piperazine rings is 1. The number of hydrogen-bond acceptors (Lipinski definition) is 3. The second-order valence-electron chi connectivity index (χ2n) is 9.22. The normalized spacial score (nSPS) is 19.3. The van der Waals surface area contributed by atoms with Gasteiger partial charge in [0.15, 0.2) is 0 Å². The number of carbonyl (C=O) groups is 2. The molecule has 2 fully saturated rings. The Balaban J connectivity index is 1.42. The first kappa shape index (κ1) is 23.8. The van der Waals surface area contributed by atoms with Crippen molar-refractivity contribution < 1.29 is 9.59 Å². The molecule has 1 N–H and O–H groups in total. The standard InChI is InChI=1S/C27H34ClN3O2/c1-2-24(20-9-4-3-5-10-20)27(33)31-17-15-30(16-18-31)25(21-11-6-7-12-21)26(32)29-23-14-8-13-22(28)19-23/h3-5,8-10,13-14,19,21,24-25H,2,6-7,11-12,15-18H2,1H3,(H,29,32)/t24-,25-/m1/s1. The van der Waals surface area contributed by atoms with Crippen molar-refractivity contribution in [3.63, 3.8) is 0 Å². The van der Waals surface area contributed by atoms with Gasteiger partial charge in [-0.25, -0.2) is 0 Å². The van der Waals surface area contributed by atoms with E-state index in [1.807, 2.05) is 47.4 Å². The summed E-state index contributed by atoms with van der Waals surface area (Å²) in [6.07, 6.45) is 5.31. The summed E-state index contributed by atoms with van der Waals surface area (Å²) in [5.74, 6) is 0.498. The van der Waals surface area contributed by atoms with Gasteiger partial charge in [-0.05, 0) is 48.9 Å². The fourth-order valence-corrected chi connectivity index (χ4v) is 5.60. The lowest BCUT2D eigenvalue weighted by Crippen LogP contribution is -2.57. The minimum Gasteiger partial charge on any atom is -0.340 e. The average molecular weight is 468 g/mol. The summed E-state index contributed by atoms with van der Waals surface area (Å²) in [6, 6.07) is 17.2. The van der Waals surface area contributed by atoms with E-state index in [1.54, 1.807) is 12.1 Å². The Morgan fingerprint density at radius 3 is 2.33 bits per heavy atom. The van der Waals surface area contributed by atoms with Gasteiger partial charge in [0.1, 0.15) is 0 Å². The molecule has 6 heteroatoms. The van der Waals surface area contributed by atoms with E-state index in [-0.39, 0.29) is 23.8 Å². The number of hydrogen-bond donors (Lipinski definition) is 1. The van der Waals surface area contributed by atoms with Gasteiger partial charge in [0, 0.05) is 36.9 Å². The number of nitrogens with zero attached hydrogens (tertiary/aromatic N) is 2. The molecule has 1 aliphatic heterocycles. The Morgan fingerprint density at radius 1 is 1.00 bits per heavy atom. The molecule has 2 atom stereocenters. The molecule has 0 bridgehead atoms. The van der Waals surface area contributed by atoms with Crippen molar-refractivity contribution in [2.45, 2.75) is 51.0 Å². The number of benzene rings is 2. The van der Waals surface area contributed by atoms with Gasteiger partial charge in [-0.2, -0.15) is 0 Å². The third-order valence-electron chi connectivity index (χ3n) is 7.13. The molecular formula is C27H34ClN3O2. The molecule has 1 saturated heterocycles. The first-order chi connectivity index (χ1) is 16.1. The molecule has 2 aliphatic rings. The highest BCUT2D eigenvalue weighted by atomic mass is 35.5.